The molecule has 1 aromatic rings. The van der Waals surface area contributed by atoms with Crippen molar-refractivity contribution >= 4 is 17.2 Å². The average Bonchev–Trinajstić information content (AvgIpc) is 3.20. The van der Waals surface area contributed by atoms with Gasteiger partial charge in [-0.2, -0.15) is 0 Å². The van der Waals surface area contributed by atoms with E-state index in [1.54, 1.807) is 11.3 Å². The first-order valence-electron chi connectivity index (χ1n) is 8.05. The fraction of sp³-hybridized carbons (Fsp3) is 0.706. The van der Waals surface area contributed by atoms with Crippen molar-refractivity contribution in [3.8, 4) is 0 Å². The highest BCUT2D eigenvalue weighted by atomic mass is 32.1. The van der Waals surface area contributed by atoms with E-state index in [1.165, 1.54) is 61.8 Å². The van der Waals surface area contributed by atoms with Crippen molar-refractivity contribution < 1.29 is 4.79 Å². The highest BCUT2D eigenvalue weighted by Crippen LogP contribution is 2.36. The number of nitrogens with zero attached hydrogens (tertiary/aromatic N) is 1. The van der Waals surface area contributed by atoms with Crippen molar-refractivity contribution in [1.29, 1.82) is 0 Å². The minimum Gasteiger partial charge on any atom is -0.338 e. The van der Waals surface area contributed by atoms with Gasteiger partial charge in [0.05, 0.1) is 4.88 Å². The Labute approximate surface area is 126 Å². The van der Waals surface area contributed by atoms with Gasteiger partial charge >= 0.3 is 0 Å². The molecule has 2 nitrogen and oxygen atoms in total. The molecule has 0 N–H and O–H groups in total. The Balaban J connectivity index is 1.75. The van der Waals surface area contributed by atoms with Gasteiger partial charge in [0.15, 0.2) is 0 Å². The lowest BCUT2D eigenvalue weighted by molar-refractivity contribution is 0.0732. The number of carbonyl (C=O) groups is 1. The van der Waals surface area contributed by atoms with E-state index >= 15 is 0 Å². The van der Waals surface area contributed by atoms with Gasteiger partial charge in [0, 0.05) is 18.0 Å². The third kappa shape index (κ3) is 2.93. The van der Waals surface area contributed by atoms with Crippen molar-refractivity contribution in [3.63, 3.8) is 0 Å². The van der Waals surface area contributed by atoms with Crippen LogP contribution in [0.1, 0.15) is 65.6 Å². The van der Waals surface area contributed by atoms with Gasteiger partial charge in [0.2, 0.25) is 0 Å². The fourth-order valence-corrected chi connectivity index (χ4v) is 4.44. The lowest BCUT2D eigenvalue weighted by Gasteiger charge is -2.24. The van der Waals surface area contributed by atoms with Crippen LogP contribution in [0.3, 0.4) is 0 Å². The van der Waals surface area contributed by atoms with Crippen LogP contribution in [0.15, 0.2) is 6.07 Å². The largest absolute Gasteiger partial charge is 0.338 e. The van der Waals surface area contributed by atoms with Crippen LogP contribution >= 0.6 is 11.3 Å². The van der Waals surface area contributed by atoms with Gasteiger partial charge in [-0.25, -0.2) is 0 Å². The first-order valence-corrected chi connectivity index (χ1v) is 8.87. The third-order valence-electron chi connectivity index (χ3n) is 4.94. The molecule has 1 unspecified atom stereocenters. The maximum absolute atomic E-state index is 12.6. The fourth-order valence-electron chi connectivity index (χ4n) is 3.20. The summed E-state index contributed by atoms with van der Waals surface area (Å²) in [6.07, 6.45) is 10.2. The Kier molecular flexibility index (Phi) is 4.16. The van der Waals surface area contributed by atoms with Crippen LogP contribution in [0.25, 0.3) is 0 Å². The minimum atomic E-state index is 0.237. The zero-order chi connectivity index (χ0) is 14.1. The van der Waals surface area contributed by atoms with Crippen molar-refractivity contribution in [3.05, 3.63) is 21.4 Å². The topological polar surface area (TPSA) is 20.3 Å². The van der Waals surface area contributed by atoms with Crippen LogP contribution in [-0.4, -0.2) is 23.9 Å². The number of aryl methyl sites for hydroxylation is 2. The summed E-state index contributed by atoms with van der Waals surface area (Å²) < 4.78 is 0. The summed E-state index contributed by atoms with van der Waals surface area (Å²) in [5.41, 5.74) is 1.45. The van der Waals surface area contributed by atoms with E-state index in [9.17, 15) is 4.79 Å². The van der Waals surface area contributed by atoms with Crippen molar-refractivity contribution in [2.24, 2.45) is 5.92 Å². The van der Waals surface area contributed by atoms with Crippen LogP contribution < -0.4 is 0 Å². The first kappa shape index (κ1) is 14.1. The summed E-state index contributed by atoms with van der Waals surface area (Å²) in [6, 6.07) is 2.58. The molecule has 1 fully saturated rings. The van der Waals surface area contributed by atoms with Crippen molar-refractivity contribution in [2.75, 3.05) is 7.05 Å². The lowest BCUT2D eigenvalue weighted by atomic mass is 9.99. The number of amides is 1. The highest BCUT2D eigenvalue weighted by Gasteiger charge is 2.33. The van der Waals surface area contributed by atoms with Gasteiger partial charge in [-0.05, 0) is 63.0 Å². The summed E-state index contributed by atoms with van der Waals surface area (Å²) in [6.45, 7) is 2.19. The van der Waals surface area contributed by atoms with Crippen LogP contribution in [0, 0.1) is 5.92 Å². The predicted molar refractivity (Wildman–Crippen MR) is 84.5 cm³/mol. The Morgan fingerprint density at radius 1 is 1.25 bits per heavy atom. The molecule has 2 aliphatic rings. The summed E-state index contributed by atoms with van der Waals surface area (Å²) in [4.78, 5) is 17.1. The molecule has 0 spiro atoms. The predicted octanol–water partition coefficient (Wildman–Crippen LogP) is 4.28. The monoisotopic (exact) mass is 291 g/mol. The molecule has 20 heavy (non-hydrogen) atoms. The summed E-state index contributed by atoms with van der Waals surface area (Å²) in [7, 11) is 1.97. The lowest BCUT2D eigenvalue weighted by Crippen LogP contribution is -2.35. The van der Waals surface area contributed by atoms with E-state index in [1.807, 2.05) is 11.9 Å². The SMILES string of the molecule is CC(C1CC1)N(C)C(=O)c1cc2c(s1)CCCCCC2. The molecule has 1 aromatic heterocycles. The molecule has 0 aromatic carbocycles. The molecule has 0 radical (unpaired) electrons. The van der Waals surface area contributed by atoms with Crippen molar-refractivity contribution in [2.45, 2.75) is 64.3 Å². The second-order valence-corrected chi connectivity index (χ2v) is 7.60. The minimum absolute atomic E-state index is 0.237. The first-order chi connectivity index (χ1) is 9.66. The van der Waals surface area contributed by atoms with Crippen molar-refractivity contribution in [1.82, 2.24) is 4.90 Å². The number of hydrogen-bond acceptors (Lipinski definition) is 2. The molecule has 3 rings (SSSR count). The summed E-state index contributed by atoms with van der Waals surface area (Å²) in [5, 5.41) is 0. The maximum atomic E-state index is 12.6. The van der Waals surface area contributed by atoms with Gasteiger partial charge in [-0.1, -0.05) is 12.8 Å². The van der Waals surface area contributed by atoms with E-state index in [0.29, 0.717) is 6.04 Å². The molecule has 1 heterocycles. The standard InChI is InChI=1S/C17H25NOS/c1-12(13-9-10-13)18(2)17(19)16-11-14-7-5-3-4-6-8-15(14)20-16/h11-13H,3-10H2,1-2H3. The van der Waals surface area contributed by atoms with E-state index < -0.39 is 0 Å². The van der Waals surface area contributed by atoms with Crippen LogP contribution in [0.2, 0.25) is 0 Å². The zero-order valence-electron chi connectivity index (χ0n) is 12.7. The molecule has 0 saturated heterocycles. The van der Waals surface area contributed by atoms with Gasteiger partial charge in [-0.3, -0.25) is 4.79 Å². The number of fused-ring (bicyclic) bond motifs is 1. The second kappa shape index (κ2) is 5.88. The third-order valence-corrected chi connectivity index (χ3v) is 6.17. The summed E-state index contributed by atoms with van der Waals surface area (Å²) >= 11 is 1.75. The van der Waals surface area contributed by atoms with Crippen LogP contribution in [0.5, 0.6) is 0 Å². The van der Waals surface area contributed by atoms with Gasteiger partial charge in [0.25, 0.3) is 5.91 Å². The van der Waals surface area contributed by atoms with E-state index in [0.717, 1.165) is 10.8 Å². The number of hydrogen-bond donors (Lipinski definition) is 0. The molecule has 110 valence electrons. The maximum Gasteiger partial charge on any atom is 0.263 e. The second-order valence-electron chi connectivity index (χ2n) is 6.47. The molecule has 2 aliphatic carbocycles. The Morgan fingerprint density at radius 2 is 1.95 bits per heavy atom. The van der Waals surface area contributed by atoms with Gasteiger partial charge in [0.1, 0.15) is 0 Å². The van der Waals surface area contributed by atoms with E-state index in [4.69, 9.17) is 0 Å². The number of rotatable bonds is 3. The van der Waals surface area contributed by atoms with Gasteiger partial charge < -0.3 is 4.90 Å². The average molecular weight is 291 g/mol. The molecular weight excluding hydrogens is 266 g/mol. The number of carbonyl (C=O) groups excluding carboxylic acids is 1. The molecule has 1 amide bonds. The van der Waals surface area contributed by atoms with Gasteiger partial charge in [-0.15, -0.1) is 11.3 Å². The Morgan fingerprint density at radius 3 is 2.65 bits per heavy atom. The summed E-state index contributed by atoms with van der Waals surface area (Å²) in [5.74, 6) is 0.978. The highest BCUT2D eigenvalue weighted by molar-refractivity contribution is 7.14. The zero-order valence-corrected chi connectivity index (χ0v) is 13.5. The van der Waals surface area contributed by atoms with Crippen LogP contribution in [-0.2, 0) is 12.8 Å². The normalized spacial score (nSPS) is 20.7. The quantitative estimate of drug-likeness (QED) is 0.814. The molecule has 0 aliphatic heterocycles. The molecule has 0 bridgehead atoms. The van der Waals surface area contributed by atoms with Crippen LogP contribution in [0.4, 0.5) is 0 Å². The molecule has 1 saturated carbocycles. The van der Waals surface area contributed by atoms with E-state index in [-0.39, 0.29) is 5.91 Å². The molecule has 3 heteroatoms. The smallest absolute Gasteiger partial charge is 0.263 e. The molecular formula is C17H25NOS. The number of thiophene rings is 1. The Hall–Kier alpha value is -0.830. The van der Waals surface area contributed by atoms with E-state index in [2.05, 4.69) is 13.0 Å². The Bertz CT molecular complexity index is 464. The molecule has 1 atom stereocenters.